The molecule has 0 spiro atoms. The van der Waals surface area contributed by atoms with E-state index in [1.165, 1.54) is 18.2 Å². The summed E-state index contributed by atoms with van der Waals surface area (Å²) in [5, 5.41) is 5.35. The Morgan fingerprint density at radius 3 is 2.94 bits per heavy atom. The fraction of sp³-hybridized carbons (Fsp3) is 0.385. The first-order chi connectivity index (χ1) is 8.58. The normalized spacial score (nSPS) is 19.2. The standard InChI is InChI=1S/C13H15FN2O2/c1-8-7-9(4-5-10(8)14)12(17)16-11-3-2-6-15-13(11)18/h4-5,7,11H,2-3,6H2,1H3,(H,15,18)(H,16,17). The van der Waals surface area contributed by atoms with E-state index in [2.05, 4.69) is 10.6 Å². The average molecular weight is 250 g/mol. The highest BCUT2D eigenvalue weighted by Gasteiger charge is 2.24. The summed E-state index contributed by atoms with van der Waals surface area (Å²) in [7, 11) is 0. The molecule has 5 heteroatoms. The number of hydrogen-bond acceptors (Lipinski definition) is 2. The molecule has 0 aromatic heterocycles. The summed E-state index contributed by atoms with van der Waals surface area (Å²) in [6, 6.07) is 3.66. The van der Waals surface area contributed by atoms with E-state index in [0.717, 1.165) is 6.42 Å². The number of hydrogen-bond donors (Lipinski definition) is 2. The van der Waals surface area contributed by atoms with E-state index in [0.29, 0.717) is 24.1 Å². The summed E-state index contributed by atoms with van der Waals surface area (Å²) in [6.07, 6.45) is 1.48. The van der Waals surface area contributed by atoms with Crippen LogP contribution < -0.4 is 10.6 Å². The molecule has 0 aliphatic carbocycles. The van der Waals surface area contributed by atoms with Gasteiger partial charge in [0.05, 0.1) is 0 Å². The van der Waals surface area contributed by atoms with E-state index in [1.807, 2.05) is 0 Å². The molecule has 0 radical (unpaired) electrons. The molecule has 96 valence electrons. The van der Waals surface area contributed by atoms with E-state index in [1.54, 1.807) is 6.92 Å². The van der Waals surface area contributed by atoms with Gasteiger partial charge in [0.15, 0.2) is 0 Å². The smallest absolute Gasteiger partial charge is 0.251 e. The lowest BCUT2D eigenvalue weighted by atomic mass is 10.1. The monoisotopic (exact) mass is 250 g/mol. The summed E-state index contributed by atoms with van der Waals surface area (Å²) in [5.41, 5.74) is 0.781. The van der Waals surface area contributed by atoms with Crippen LogP contribution in [-0.2, 0) is 4.79 Å². The quantitative estimate of drug-likeness (QED) is 0.827. The molecule has 1 heterocycles. The average Bonchev–Trinajstić information content (AvgIpc) is 2.35. The zero-order chi connectivity index (χ0) is 13.1. The highest BCUT2D eigenvalue weighted by molar-refractivity contribution is 5.97. The van der Waals surface area contributed by atoms with Crippen molar-refractivity contribution < 1.29 is 14.0 Å². The van der Waals surface area contributed by atoms with Gasteiger partial charge in [-0.1, -0.05) is 0 Å². The van der Waals surface area contributed by atoms with Gasteiger partial charge >= 0.3 is 0 Å². The van der Waals surface area contributed by atoms with Crippen LogP contribution in [0.25, 0.3) is 0 Å². The molecule has 1 atom stereocenters. The van der Waals surface area contributed by atoms with Crippen molar-refractivity contribution in [1.29, 1.82) is 0 Å². The predicted molar refractivity (Wildman–Crippen MR) is 64.6 cm³/mol. The summed E-state index contributed by atoms with van der Waals surface area (Å²) < 4.78 is 13.1. The molecule has 2 amide bonds. The van der Waals surface area contributed by atoms with Gasteiger partial charge in [-0.25, -0.2) is 4.39 Å². The summed E-state index contributed by atoms with van der Waals surface area (Å²) in [6.45, 7) is 2.25. The van der Waals surface area contributed by atoms with Gasteiger partial charge in [0.25, 0.3) is 5.91 Å². The van der Waals surface area contributed by atoms with E-state index in [9.17, 15) is 14.0 Å². The Morgan fingerprint density at radius 2 is 2.28 bits per heavy atom. The van der Waals surface area contributed by atoms with Crippen molar-refractivity contribution in [1.82, 2.24) is 10.6 Å². The number of amides is 2. The third kappa shape index (κ3) is 2.67. The second kappa shape index (κ2) is 5.16. The van der Waals surface area contributed by atoms with Gasteiger partial charge in [0.1, 0.15) is 11.9 Å². The van der Waals surface area contributed by atoms with Gasteiger partial charge < -0.3 is 10.6 Å². The van der Waals surface area contributed by atoms with Crippen LogP contribution in [0.3, 0.4) is 0 Å². The third-order valence-corrected chi connectivity index (χ3v) is 3.01. The number of carbonyl (C=O) groups excluding carboxylic acids is 2. The van der Waals surface area contributed by atoms with Crippen molar-refractivity contribution in [2.24, 2.45) is 0 Å². The Labute approximate surface area is 105 Å². The SMILES string of the molecule is Cc1cc(C(=O)NC2CCCNC2=O)ccc1F. The van der Waals surface area contributed by atoms with Gasteiger partial charge in [0, 0.05) is 12.1 Å². The molecule has 2 rings (SSSR count). The summed E-state index contributed by atoms with van der Waals surface area (Å²) in [4.78, 5) is 23.4. The minimum atomic E-state index is -0.489. The van der Waals surface area contributed by atoms with E-state index >= 15 is 0 Å². The zero-order valence-electron chi connectivity index (χ0n) is 10.1. The molecule has 0 bridgehead atoms. The van der Waals surface area contributed by atoms with Crippen LogP contribution in [0.15, 0.2) is 18.2 Å². The number of piperidine rings is 1. The Hall–Kier alpha value is -1.91. The largest absolute Gasteiger partial charge is 0.354 e. The molecule has 0 saturated carbocycles. The second-order valence-electron chi connectivity index (χ2n) is 4.42. The lowest BCUT2D eigenvalue weighted by molar-refractivity contribution is -0.124. The second-order valence-corrected chi connectivity index (χ2v) is 4.42. The number of rotatable bonds is 2. The van der Waals surface area contributed by atoms with Crippen molar-refractivity contribution in [3.63, 3.8) is 0 Å². The van der Waals surface area contributed by atoms with Crippen LogP contribution in [-0.4, -0.2) is 24.4 Å². The fourth-order valence-electron chi connectivity index (χ4n) is 1.94. The maximum absolute atomic E-state index is 13.1. The Morgan fingerprint density at radius 1 is 1.50 bits per heavy atom. The van der Waals surface area contributed by atoms with Crippen LogP contribution >= 0.6 is 0 Å². The fourth-order valence-corrected chi connectivity index (χ4v) is 1.94. The molecule has 1 aromatic carbocycles. The van der Waals surface area contributed by atoms with Gasteiger partial charge in [0.2, 0.25) is 5.91 Å². The molecule has 1 unspecified atom stereocenters. The van der Waals surface area contributed by atoms with Gasteiger partial charge in [-0.15, -0.1) is 0 Å². The Balaban J connectivity index is 2.07. The molecular weight excluding hydrogens is 235 g/mol. The highest BCUT2D eigenvalue weighted by atomic mass is 19.1. The lowest BCUT2D eigenvalue weighted by Crippen LogP contribution is -2.50. The highest BCUT2D eigenvalue weighted by Crippen LogP contribution is 2.10. The summed E-state index contributed by atoms with van der Waals surface area (Å²) in [5.74, 6) is -0.851. The minimum Gasteiger partial charge on any atom is -0.354 e. The summed E-state index contributed by atoms with van der Waals surface area (Å²) >= 11 is 0. The van der Waals surface area contributed by atoms with Crippen LogP contribution in [0.1, 0.15) is 28.8 Å². The maximum Gasteiger partial charge on any atom is 0.251 e. The van der Waals surface area contributed by atoms with E-state index < -0.39 is 6.04 Å². The number of benzene rings is 1. The van der Waals surface area contributed by atoms with Crippen molar-refractivity contribution in [3.05, 3.63) is 35.1 Å². The molecular formula is C13H15FN2O2. The molecule has 1 saturated heterocycles. The predicted octanol–water partition coefficient (Wildman–Crippen LogP) is 1.14. The first-order valence-electron chi connectivity index (χ1n) is 5.92. The van der Waals surface area contributed by atoms with Crippen molar-refractivity contribution in [2.75, 3.05) is 6.54 Å². The van der Waals surface area contributed by atoms with Gasteiger partial charge in [-0.2, -0.15) is 0 Å². The number of nitrogens with one attached hydrogen (secondary N) is 2. The van der Waals surface area contributed by atoms with Crippen molar-refractivity contribution in [2.45, 2.75) is 25.8 Å². The molecule has 1 aromatic rings. The first-order valence-corrected chi connectivity index (χ1v) is 5.92. The topological polar surface area (TPSA) is 58.2 Å². The maximum atomic E-state index is 13.1. The Bertz CT molecular complexity index is 488. The van der Waals surface area contributed by atoms with Gasteiger partial charge in [-0.3, -0.25) is 9.59 Å². The molecule has 1 aliphatic rings. The van der Waals surface area contributed by atoms with E-state index in [-0.39, 0.29) is 17.6 Å². The number of carbonyl (C=O) groups is 2. The number of halogens is 1. The molecule has 18 heavy (non-hydrogen) atoms. The number of aryl methyl sites for hydroxylation is 1. The van der Waals surface area contributed by atoms with Crippen molar-refractivity contribution in [3.8, 4) is 0 Å². The van der Waals surface area contributed by atoms with Crippen molar-refractivity contribution >= 4 is 11.8 Å². The molecule has 1 fully saturated rings. The molecule has 1 aliphatic heterocycles. The lowest BCUT2D eigenvalue weighted by Gasteiger charge is -2.22. The van der Waals surface area contributed by atoms with E-state index in [4.69, 9.17) is 0 Å². The molecule has 4 nitrogen and oxygen atoms in total. The Kier molecular flexibility index (Phi) is 3.60. The van der Waals surface area contributed by atoms with Crippen LogP contribution in [0.2, 0.25) is 0 Å². The molecule has 2 N–H and O–H groups in total. The van der Waals surface area contributed by atoms with Gasteiger partial charge in [-0.05, 0) is 43.5 Å². The van der Waals surface area contributed by atoms with Crippen LogP contribution in [0, 0.1) is 12.7 Å². The van der Waals surface area contributed by atoms with Crippen LogP contribution in [0.5, 0.6) is 0 Å². The third-order valence-electron chi connectivity index (χ3n) is 3.01. The first kappa shape index (κ1) is 12.5. The van der Waals surface area contributed by atoms with Crippen LogP contribution in [0.4, 0.5) is 4.39 Å². The minimum absolute atomic E-state index is 0.159. The zero-order valence-corrected chi connectivity index (χ0v) is 10.1.